The van der Waals surface area contributed by atoms with Crippen LogP contribution in [0.2, 0.25) is 0 Å². The highest BCUT2D eigenvalue weighted by molar-refractivity contribution is 5.41. The van der Waals surface area contributed by atoms with E-state index >= 15 is 0 Å². The predicted molar refractivity (Wildman–Crippen MR) is 83.7 cm³/mol. The summed E-state index contributed by atoms with van der Waals surface area (Å²) in [7, 11) is 0. The summed E-state index contributed by atoms with van der Waals surface area (Å²) in [6.07, 6.45) is 0.271. The Kier molecular flexibility index (Phi) is 5.46. The van der Waals surface area contributed by atoms with Crippen LogP contribution in [-0.4, -0.2) is 24.4 Å². The molecule has 0 spiro atoms. The predicted octanol–water partition coefficient (Wildman–Crippen LogP) is 2.65. The highest BCUT2D eigenvalue weighted by Gasteiger charge is 2.07. The Morgan fingerprint density at radius 1 is 1.00 bits per heavy atom. The summed E-state index contributed by atoms with van der Waals surface area (Å²) >= 11 is 0. The van der Waals surface area contributed by atoms with Crippen LogP contribution in [0.25, 0.3) is 0 Å². The van der Waals surface area contributed by atoms with Crippen molar-refractivity contribution in [3.8, 4) is 11.5 Å². The maximum Gasteiger partial charge on any atom is 0.122 e. The van der Waals surface area contributed by atoms with E-state index in [-0.39, 0.29) is 13.2 Å². The molecular formula is C17H21NO3. The van der Waals surface area contributed by atoms with Gasteiger partial charge in [-0.2, -0.15) is 0 Å². The molecule has 0 aliphatic heterocycles. The SMILES string of the molecule is CCc1cccc(OCC(O)COc2ccc(N)cc2)c1. The van der Waals surface area contributed by atoms with E-state index in [0.717, 1.165) is 12.2 Å². The molecule has 0 radical (unpaired) electrons. The number of hydrogen-bond acceptors (Lipinski definition) is 4. The van der Waals surface area contributed by atoms with E-state index < -0.39 is 6.10 Å². The highest BCUT2D eigenvalue weighted by atomic mass is 16.5. The van der Waals surface area contributed by atoms with E-state index in [9.17, 15) is 5.11 Å². The van der Waals surface area contributed by atoms with Crippen LogP contribution in [-0.2, 0) is 6.42 Å². The number of ether oxygens (including phenoxy) is 2. The van der Waals surface area contributed by atoms with E-state index in [2.05, 4.69) is 6.92 Å². The lowest BCUT2D eigenvalue weighted by Gasteiger charge is -2.14. The van der Waals surface area contributed by atoms with Gasteiger partial charge in [-0.1, -0.05) is 19.1 Å². The normalized spacial score (nSPS) is 11.9. The zero-order chi connectivity index (χ0) is 15.1. The highest BCUT2D eigenvalue weighted by Crippen LogP contribution is 2.15. The molecule has 4 nitrogen and oxygen atoms in total. The first-order valence-electron chi connectivity index (χ1n) is 7.05. The molecule has 112 valence electrons. The van der Waals surface area contributed by atoms with Crippen LogP contribution in [0.1, 0.15) is 12.5 Å². The molecule has 2 aromatic carbocycles. The van der Waals surface area contributed by atoms with Crippen LogP contribution < -0.4 is 15.2 Å². The van der Waals surface area contributed by atoms with Gasteiger partial charge in [-0.25, -0.2) is 0 Å². The van der Waals surface area contributed by atoms with E-state index in [1.807, 2.05) is 24.3 Å². The molecule has 4 heteroatoms. The van der Waals surface area contributed by atoms with Gasteiger partial charge in [-0.3, -0.25) is 0 Å². The second-order valence-corrected chi connectivity index (χ2v) is 4.85. The number of nitrogen functional groups attached to an aromatic ring is 1. The lowest BCUT2D eigenvalue weighted by Crippen LogP contribution is -2.25. The first-order chi connectivity index (χ1) is 10.2. The van der Waals surface area contributed by atoms with Crippen molar-refractivity contribution in [1.82, 2.24) is 0 Å². The Morgan fingerprint density at radius 3 is 2.33 bits per heavy atom. The number of benzene rings is 2. The molecule has 21 heavy (non-hydrogen) atoms. The Hall–Kier alpha value is -2.20. The third kappa shape index (κ3) is 5.00. The van der Waals surface area contributed by atoms with Gasteiger partial charge in [0.25, 0.3) is 0 Å². The second-order valence-electron chi connectivity index (χ2n) is 4.85. The zero-order valence-electron chi connectivity index (χ0n) is 12.2. The lowest BCUT2D eigenvalue weighted by molar-refractivity contribution is 0.0626. The van der Waals surface area contributed by atoms with Crippen LogP contribution >= 0.6 is 0 Å². The topological polar surface area (TPSA) is 64.7 Å². The summed E-state index contributed by atoms with van der Waals surface area (Å²) in [6.45, 7) is 2.47. The molecule has 0 aliphatic rings. The summed E-state index contributed by atoms with van der Waals surface area (Å²) in [4.78, 5) is 0. The summed E-state index contributed by atoms with van der Waals surface area (Å²) in [5.41, 5.74) is 7.48. The molecule has 0 saturated carbocycles. The average Bonchev–Trinajstić information content (AvgIpc) is 2.52. The van der Waals surface area contributed by atoms with Gasteiger partial charge in [0.2, 0.25) is 0 Å². The number of rotatable bonds is 7. The minimum atomic E-state index is -0.687. The van der Waals surface area contributed by atoms with Gasteiger partial charge in [0.05, 0.1) is 0 Å². The number of hydrogen-bond donors (Lipinski definition) is 2. The van der Waals surface area contributed by atoms with Gasteiger partial charge in [0.15, 0.2) is 0 Å². The molecule has 3 N–H and O–H groups in total. The third-order valence-corrected chi connectivity index (χ3v) is 3.07. The Bertz CT molecular complexity index is 554. The fourth-order valence-electron chi connectivity index (χ4n) is 1.85. The van der Waals surface area contributed by atoms with Crippen molar-refractivity contribution in [3.05, 3.63) is 54.1 Å². The van der Waals surface area contributed by atoms with Gasteiger partial charge in [0.1, 0.15) is 30.8 Å². The van der Waals surface area contributed by atoms with E-state index in [1.165, 1.54) is 5.56 Å². The molecule has 0 saturated heterocycles. The first kappa shape index (κ1) is 15.2. The summed E-state index contributed by atoms with van der Waals surface area (Å²) in [5.74, 6) is 1.44. The van der Waals surface area contributed by atoms with Crippen molar-refractivity contribution in [2.24, 2.45) is 0 Å². The molecule has 0 aromatic heterocycles. The van der Waals surface area contributed by atoms with Gasteiger partial charge < -0.3 is 20.3 Å². The molecule has 0 fully saturated rings. The molecule has 0 amide bonds. The molecule has 1 unspecified atom stereocenters. The number of anilines is 1. The van der Waals surface area contributed by atoms with Crippen molar-refractivity contribution < 1.29 is 14.6 Å². The van der Waals surface area contributed by atoms with E-state index in [0.29, 0.717) is 11.4 Å². The number of aliphatic hydroxyl groups excluding tert-OH is 1. The van der Waals surface area contributed by atoms with E-state index in [4.69, 9.17) is 15.2 Å². The zero-order valence-corrected chi connectivity index (χ0v) is 12.2. The third-order valence-electron chi connectivity index (χ3n) is 3.07. The van der Waals surface area contributed by atoms with Gasteiger partial charge in [-0.15, -0.1) is 0 Å². The van der Waals surface area contributed by atoms with Crippen LogP contribution in [0.15, 0.2) is 48.5 Å². The number of aliphatic hydroxyl groups is 1. The van der Waals surface area contributed by atoms with Gasteiger partial charge in [0, 0.05) is 5.69 Å². The smallest absolute Gasteiger partial charge is 0.122 e. The molecule has 2 aromatic rings. The standard InChI is InChI=1S/C17H21NO3/c1-2-13-4-3-5-17(10-13)21-12-15(19)11-20-16-8-6-14(18)7-9-16/h3-10,15,19H,2,11-12,18H2,1H3. The molecule has 0 aliphatic carbocycles. The van der Waals surface area contributed by atoms with Gasteiger partial charge in [-0.05, 0) is 48.4 Å². The summed E-state index contributed by atoms with van der Waals surface area (Å²) in [5, 5.41) is 9.88. The monoisotopic (exact) mass is 287 g/mol. The first-order valence-corrected chi connectivity index (χ1v) is 7.05. The van der Waals surface area contributed by atoms with Crippen molar-refractivity contribution in [3.63, 3.8) is 0 Å². The molecule has 0 heterocycles. The lowest BCUT2D eigenvalue weighted by atomic mass is 10.2. The molecule has 2 rings (SSSR count). The van der Waals surface area contributed by atoms with Crippen molar-refractivity contribution in [2.75, 3.05) is 18.9 Å². The van der Waals surface area contributed by atoms with Crippen LogP contribution in [0.4, 0.5) is 5.69 Å². The maximum absolute atomic E-state index is 9.88. The number of nitrogens with two attached hydrogens (primary N) is 1. The summed E-state index contributed by atoms with van der Waals surface area (Å²) < 4.78 is 11.0. The maximum atomic E-state index is 9.88. The Balaban J connectivity index is 1.76. The quantitative estimate of drug-likeness (QED) is 0.768. The minimum Gasteiger partial charge on any atom is -0.491 e. The largest absolute Gasteiger partial charge is 0.491 e. The molecule has 0 bridgehead atoms. The van der Waals surface area contributed by atoms with Crippen LogP contribution in [0.3, 0.4) is 0 Å². The van der Waals surface area contributed by atoms with Crippen LogP contribution in [0.5, 0.6) is 11.5 Å². The van der Waals surface area contributed by atoms with Crippen molar-refractivity contribution in [1.29, 1.82) is 0 Å². The Morgan fingerprint density at radius 2 is 1.67 bits per heavy atom. The second kappa shape index (κ2) is 7.55. The van der Waals surface area contributed by atoms with Gasteiger partial charge >= 0.3 is 0 Å². The average molecular weight is 287 g/mol. The van der Waals surface area contributed by atoms with Crippen molar-refractivity contribution in [2.45, 2.75) is 19.4 Å². The fourth-order valence-corrected chi connectivity index (χ4v) is 1.85. The van der Waals surface area contributed by atoms with E-state index in [1.54, 1.807) is 24.3 Å². The molecule has 1 atom stereocenters. The Labute approximate surface area is 125 Å². The van der Waals surface area contributed by atoms with Crippen molar-refractivity contribution >= 4 is 5.69 Å². The van der Waals surface area contributed by atoms with Crippen LogP contribution in [0, 0.1) is 0 Å². The fraction of sp³-hybridized carbons (Fsp3) is 0.294. The number of aryl methyl sites for hydroxylation is 1. The summed E-state index contributed by atoms with van der Waals surface area (Å²) in [6, 6.07) is 14.9. The minimum absolute atomic E-state index is 0.178. The molecular weight excluding hydrogens is 266 g/mol.